The van der Waals surface area contributed by atoms with Gasteiger partial charge in [-0.2, -0.15) is 0 Å². The van der Waals surface area contributed by atoms with Gasteiger partial charge in [-0.25, -0.2) is 14.2 Å². The Morgan fingerprint density at radius 1 is 1.38 bits per heavy atom. The van der Waals surface area contributed by atoms with Crippen molar-refractivity contribution >= 4 is 11.6 Å². The second kappa shape index (κ2) is 5.17. The SMILES string of the molecule is COOCCc1cc(F)cc(Cl)c1. The van der Waals surface area contributed by atoms with Crippen LogP contribution in [0.5, 0.6) is 0 Å². The van der Waals surface area contributed by atoms with E-state index in [0.29, 0.717) is 18.1 Å². The van der Waals surface area contributed by atoms with E-state index in [0.717, 1.165) is 5.56 Å². The first-order valence-electron chi connectivity index (χ1n) is 3.83. The minimum Gasteiger partial charge on any atom is -0.240 e. The molecule has 1 aromatic rings. The van der Waals surface area contributed by atoms with E-state index < -0.39 is 0 Å². The van der Waals surface area contributed by atoms with Crippen molar-refractivity contribution in [3.8, 4) is 0 Å². The summed E-state index contributed by atoms with van der Waals surface area (Å²) in [4.78, 5) is 9.05. The van der Waals surface area contributed by atoms with Gasteiger partial charge in [-0.15, -0.1) is 0 Å². The van der Waals surface area contributed by atoms with Crippen LogP contribution in [-0.2, 0) is 16.2 Å². The van der Waals surface area contributed by atoms with Gasteiger partial charge in [0.25, 0.3) is 0 Å². The Labute approximate surface area is 81.2 Å². The molecule has 0 spiro atoms. The fourth-order valence-electron chi connectivity index (χ4n) is 0.998. The first-order valence-corrected chi connectivity index (χ1v) is 4.21. The maximum absolute atomic E-state index is 12.8. The Morgan fingerprint density at radius 3 is 2.77 bits per heavy atom. The van der Waals surface area contributed by atoms with Gasteiger partial charge in [0.2, 0.25) is 0 Å². The average molecular weight is 205 g/mol. The molecular weight excluding hydrogens is 195 g/mol. The second-order valence-corrected chi connectivity index (χ2v) is 2.95. The zero-order valence-electron chi connectivity index (χ0n) is 7.22. The van der Waals surface area contributed by atoms with E-state index in [4.69, 9.17) is 11.6 Å². The molecule has 1 rings (SSSR count). The first-order chi connectivity index (χ1) is 6.22. The van der Waals surface area contributed by atoms with Crippen molar-refractivity contribution in [3.63, 3.8) is 0 Å². The van der Waals surface area contributed by atoms with Crippen molar-refractivity contribution in [2.45, 2.75) is 6.42 Å². The summed E-state index contributed by atoms with van der Waals surface area (Å²) in [6, 6.07) is 4.39. The van der Waals surface area contributed by atoms with Crippen LogP contribution in [0, 0.1) is 5.82 Å². The number of rotatable bonds is 4. The zero-order chi connectivity index (χ0) is 9.68. The number of hydrogen-bond acceptors (Lipinski definition) is 2. The molecular formula is C9H10ClFO2. The van der Waals surface area contributed by atoms with Crippen LogP contribution < -0.4 is 0 Å². The third-order valence-corrected chi connectivity index (χ3v) is 1.73. The maximum atomic E-state index is 12.8. The lowest BCUT2D eigenvalue weighted by Gasteiger charge is -2.01. The summed E-state index contributed by atoms with van der Waals surface area (Å²) in [6.45, 7) is 0.385. The number of halogens is 2. The summed E-state index contributed by atoms with van der Waals surface area (Å²) in [7, 11) is 1.43. The lowest BCUT2D eigenvalue weighted by molar-refractivity contribution is -0.271. The van der Waals surface area contributed by atoms with Gasteiger partial charge in [-0.1, -0.05) is 11.6 Å². The highest BCUT2D eigenvalue weighted by atomic mass is 35.5. The Kier molecular flexibility index (Phi) is 4.15. The fourth-order valence-corrected chi connectivity index (χ4v) is 1.24. The van der Waals surface area contributed by atoms with Gasteiger partial charge in [-0.05, 0) is 30.2 Å². The molecule has 0 heterocycles. The molecule has 0 unspecified atom stereocenters. The Bertz CT molecular complexity index is 258. The van der Waals surface area contributed by atoms with Crippen molar-refractivity contribution in [2.75, 3.05) is 13.7 Å². The summed E-state index contributed by atoms with van der Waals surface area (Å²) in [5.74, 6) is -0.333. The lowest BCUT2D eigenvalue weighted by atomic mass is 10.1. The van der Waals surface area contributed by atoms with E-state index in [2.05, 4.69) is 9.78 Å². The monoisotopic (exact) mass is 204 g/mol. The lowest BCUT2D eigenvalue weighted by Crippen LogP contribution is -1.97. The molecule has 0 aromatic heterocycles. The molecule has 0 radical (unpaired) electrons. The summed E-state index contributed by atoms with van der Waals surface area (Å²) >= 11 is 5.65. The number of hydrogen-bond donors (Lipinski definition) is 0. The highest BCUT2D eigenvalue weighted by molar-refractivity contribution is 6.30. The molecule has 0 saturated carbocycles. The molecule has 72 valence electrons. The minimum atomic E-state index is -0.333. The van der Waals surface area contributed by atoms with E-state index in [9.17, 15) is 4.39 Å². The van der Waals surface area contributed by atoms with Crippen LogP contribution in [-0.4, -0.2) is 13.7 Å². The van der Waals surface area contributed by atoms with Gasteiger partial charge < -0.3 is 0 Å². The van der Waals surface area contributed by atoms with Gasteiger partial charge in [0.1, 0.15) is 5.82 Å². The molecule has 0 saturated heterocycles. The highest BCUT2D eigenvalue weighted by Crippen LogP contribution is 2.14. The van der Waals surface area contributed by atoms with E-state index in [1.54, 1.807) is 6.07 Å². The van der Waals surface area contributed by atoms with Crippen LogP contribution in [0.2, 0.25) is 5.02 Å². The molecule has 0 aliphatic carbocycles. The van der Waals surface area contributed by atoms with Gasteiger partial charge in [-0.3, -0.25) is 0 Å². The molecule has 1 aromatic carbocycles. The van der Waals surface area contributed by atoms with E-state index in [-0.39, 0.29) is 5.82 Å². The molecule has 0 amide bonds. The quantitative estimate of drug-likeness (QED) is 0.427. The first kappa shape index (κ1) is 10.4. The summed E-state index contributed by atoms with van der Waals surface area (Å²) in [5, 5.41) is 0.396. The van der Waals surface area contributed by atoms with E-state index in [1.165, 1.54) is 19.2 Å². The molecule has 2 nitrogen and oxygen atoms in total. The van der Waals surface area contributed by atoms with Crippen LogP contribution in [0.3, 0.4) is 0 Å². The standard InChI is InChI=1S/C9H10ClFO2/c1-12-13-3-2-7-4-8(10)6-9(11)5-7/h4-6H,2-3H2,1H3. The molecule has 0 aliphatic rings. The average Bonchev–Trinajstić information content (AvgIpc) is 2.03. The predicted molar refractivity (Wildman–Crippen MR) is 48.1 cm³/mol. The van der Waals surface area contributed by atoms with Gasteiger partial charge in [0.05, 0.1) is 13.7 Å². The largest absolute Gasteiger partial charge is 0.240 e. The smallest absolute Gasteiger partial charge is 0.124 e. The third-order valence-electron chi connectivity index (χ3n) is 1.51. The van der Waals surface area contributed by atoms with E-state index >= 15 is 0 Å². The summed E-state index contributed by atoms with van der Waals surface area (Å²) < 4.78 is 12.8. The van der Waals surface area contributed by atoms with Crippen LogP contribution >= 0.6 is 11.6 Å². The van der Waals surface area contributed by atoms with Crippen molar-refractivity contribution in [1.29, 1.82) is 0 Å². The molecule has 0 bridgehead atoms. The van der Waals surface area contributed by atoms with Crippen molar-refractivity contribution in [2.24, 2.45) is 0 Å². The molecule has 0 N–H and O–H groups in total. The van der Waals surface area contributed by atoms with Crippen LogP contribution in [0.25, 0.3) is 0 Å². The fraction of sp³-hybridized carbons (Fsp3) is 0.333. The van der Waals surface area contributed by atoms with Crippen LogP contribution in [0.1, 0.15) is 5.56 Å². The molecule has 0 atom stereocenters. The van der Waals surface area contributed by atoms with Crippen LogP contribution in [0.4, 0.5) is 4.39 Å². The Morgan fingerprint density at radius 2 is 2.15 bits per heavy atom. The van der Waals surface area contributed by atoms with Crippen LogP contribution in [0.15, 0.2) is 18.2 Å². The summed E-state index contributed by atoms with van der Waals surface area (Å²) in [5.41, 5.74) is 0.794. The van der Waals surface area contributed by atoms with Gasteiger partial charge in [0, 0.05) is 5.02 Å². The number of benzene rings is 1. The molecule has 0 aliphatic heterocycles. The maximum Gasteiger partial charge on any atom is 0.124 e. The zero-order valence-corrected chi connectivity index (χ0v) is 7.97. The van der Waals surface area contributed by atoms with E-state index in [1.807, 2.05) is 0 Å². The van der Waals surface area contributed by atoms with Crippen molar-refractivity contribution in [1.82, 2.24) is 0 Å². The highest BCUT2D eigenvalue weighted by Gasteiger charge is 1.99. The van der Waals surface area contributed by atoms with Gasteiger partial charge in [0.15, 0.2) is 0 Å². The van der Waals surface area contributed by atoms with Gasteiger partial charge >= 0.3 is 0 Å². The third kappa shape index (κ3) is 3.72. The minimum absolute atomic E-state index is 0.333. The normalized spacial score (nSPS) is 10.4. The molecule has 0 fully saturated rings. The Balaban J connectivity index is 2.56. The Hall–Kier alpha value is -0.640. The predicted octanol–water partition coefficient (Wildman–Crippen LogP) is 2.60. The summed E-state index contributed by atoms with van der Waals surface area (Å²) in [6.07, 6.45) is 0.575. The molecule has 4 heteroatoms. The second-order valence-electron chi connectivity index (χ2n) is 2.52. The molecule has 13 heavy (non-hydrogen) atoms. The van der Waals surface area contributed by atoms with Crippen molar-refractivity contribution in [3.05, 3.63) is 34.6 Å². The van der Waals surface area contributed by atoms with Crippen molar-refractivity contribution < 1.29 is 14.2 Å². The topological polar surface area (TPSA) is 18.5 Å².